The Kier molecular flexibility index (Phi) is 4.99. The standard InChI is InChI=1S/C19H16N2O4S/c1-24-15-9-8-12(11-16(15)25-2)10-14-17(22)20-19(26)21(18(14)23)13-6-4-3-5-7-13/h3-11H,1-2H3,(H,20,22,26). The van der Waals surface area contributed by atoms with Crippen LogP contribution in [0.4, 0.5) is 5.69 Å². The molecule has 26 heavy (non-hydrogen) atoms. The van der Waals surface area contributed by atoms with Crippen molar-refractivity contribution in [2.75, 3.05) is 19.1 Å². The van der Waals surface area contributed by atoms with E-state index < -0.39 is 11.8 Å². The van der Waals surface area contributed by atoms with E-state index in [4.69, 9.17) is 21.7 Å². The van der Waals surface area contributed by atoms with Gasteiger partial charge in [-0.05, 0) is 48.1 Å². The lowest BCUT2D eigenvalue weighted by Crippen LogP contribution is -2.54. The molecular formula is C19H16N2O4S. The van der Waals surface area contributed by atoms with Crippen LogP contribution in [0.3, 0.4) is 0 Å². The molecular weight excluding hydrogens is 352 g/mol. The molecule has 0 atom stereocenters. The van der Waals surface area contributed by atoms with Gasteiger partial charge in [0.25, 0.3) is 11.8 Å². The number of hydrogen-bond acceptors (Lipinski definition) is 5. The van der Waals surface area contributed by atoms with Crippen LogP contribution < -0.4 is 19.7 Å². The number of carbonyl (C=O) groups excluding carboxylic acids is 2. The third-order valence-corrected chi connectivity index (χ3v) is 4.12. The van der Waals surface area contributed by atoms with Gasteiger partial charge < -0.3 is 9.47 Å². The molecule has 0 aromatic heterocycles. The zero-order valence-corrected chi connectivity index (χ0v) is 15.0. The lowest BCUT2D eigenvalue weighted by atomic mass is 10.1. The number of hydrogen-bond donors (Lipinski definition) is 1. The predicted octanol–water partition coefficient (Wildman–Crippen LogP) is 2.54. The van der Waals surface area contributed by atoms with Gasteiger partial charge in [-0.25, -0.2) is 0 Å². The molecule has 2 aromatic rings. The van der Waals surface area contributed by atoms with Crippen LogP contribution in [0, 0.1) is 0 Å². The van der Waals surface area contributed by atoms with Gasteiger partial charge >= 0.3 is 0 Å². The molecule has 1 saturated heterocycles. The molecule has 1 heterocycles. The molecule has 1 fully saturated rings. The molecule has 0 unspecified atom stereocenters. The minimum Gasteiger partial charge on any atom is -0.493 e. The smallest absolute Gasteiger partial charge is 0.270 e. The lowest BCUT2D eigenvalue weighted by Gasteiger charge is -2.28. The lowest BCUT2D eigenvalue weighted by molar-refractivity contribution is -0.122. The van der Waals surface area contributed by atoms with E-state index in [9.17, 15) is 9.59 Å². The van der Waals surface area contributed by atoms with E-state index in [2.05, 4.69) is 5.32 Å². The Morgan fingerprint density at radius 1 is 1.00 bits per heavy atom. The van der Waals surface area contributed by atoms with E-state index in [1.54, 1.807) is 42.5 Å². The Labute approximate surface area is 156 Å². The number of ether oxygens (including phenoxy) is 2. The van der Waals surface area contributed by atoms with Crippen molar-refractivity contribution in [2.45, 2.75) is 0 Å². The highest BCUT2D eigenvalue weighted by Crippen LogP contribution is 2.29. The van der Waals surface area contributed by atoms with Crippen molar-refractivity contribution < 1.29 is 19.1 Å². The van der Waals surface area contributed by atoms with Gasteiger partial charge in [-0.15, -0.1) is 0 Å². The molecule has 2 aromatic carbocycles. The number of methoxy groups -OCH3 is 2. The van der Waals surface area contributed by atoms with Gasteiger partial charge in [0.05, 0.1) is 19.9 Å². The van der Waals surface area contributed by atoms with Crippen LogP contribution in [0.2, 0.25) is 0 Å². The molecule has 6 nitrogen and oxygen atoms in total. The normalized spacial score (nSPS) is 15.8. The molecule has 1 N–H and O–H groups in total. The fourth-order valence-corrected chi connectivity index (χ4v) is 2.86. The number of nitrogens with one attached hydrogen (secondary N) is 1. The van der Waals surface area contributed by atoms with Gasteiger partial charge in [0.1, 0.15) is 5.57 Å². The maximum Gasteiger partial charge on any atom is 0.270 e. The maximum atomic E-state index is 12.9. The molecule has 0 spiro atoms. The summed E-state index contributed by atoms with van der Waals surface area (Å²) in [4.78, 5) is 26.5. The van der Waals surface area contributed by atoms with Gasteiger partial charge in [0.2, 0.25) is 0 Å². The third kappa shape index (κ3) is 3.29. The van der Waals surface area contributed by atoms with Gasteiger partial charge in [-0.1, -0.05) is 24.3 Å². The number of nitrogens with zero attached hydrogens (tertiary/aromatic N) is 1. The first-order valence-corrected chi connectivity index (χ1v) is 8.14. The fourth-order valence-electron chi connectivity index (χ4n) is 2.58. The van der Waals surface area contributed by atoms with Gasteiger partial charge in [-0.3, -0.25) is 19.8 Å². The number of amides is 2. The van der Waals surface area contributed by atoms with Gasteiger partial charge in [-0.2, -0.15) is 0 Å². The molecule has 1 aliphatic heterocycles. The van der Waals surface area contributed by atoms with Crippen molar-refractivity contribution in [3.05, 3.63) is 59.7 Å². The number of anilines is 1. The average molecular weight is 368 g/mol. The summed E-state index contributed by atoms with van der Waals surface area (Å²) in [6.07, 6.45) is 1.50. The summed E-state index contributed by atoms with van der Waals surface area (Å²) < 4.78 is 10.5. The van der Waals surface area contributed by atoms with Crippen LogP contribution in [0.5, 0.6) is 11.5 Å². The monoisotopic (exact) mass is 368 g/mol. The quantitative estimate of drug-likeness (QED) is 0.510. The topological polar surface area (TPSA) is 67.9 Å². The van der Waals surface area contributed by atoms with Crippen LogP contribution >= 0.6 is 12.2 Å². The summed E-state index contributed by atoms with van der Waals surface area (Å²) >= 11 is 5.16. The highest BCUT2D eigenvalue weighted by atomic mass is 32.1. The Morgan fingerprint density at radius 2 is 1.69 bits per heavy atom. The summed E-state index contributed by atoms with van der Waals surface area (Å²) in [5.41, 5.74) is 1.19. The highest BCUT2D eigenvalue weighted by molar-refractivity contribution is 7.80. The maximum absolute atomic E-state index is 12.9. The van der Waals surface area contributed by atoms with E-state index in [-0.39, 0.29) is 10.7 Å². The number of rotatable bonds is 4. The third-order valence-electron chi connectivity index (χ3n) is 3.83. The van der Waals surface area contributed by atoms with Crippen molar-refractivity contribution in [1.82, 2.24) is 5.32 Å². The van der Waals surface area contributed by atoms with Crippen molar-refractivity contribution in [1.29, 1.82) is 0 Å². The Morgan fingerprint density at radius 3 is 2.35 bits per heavy atom. The van der Waals surface area contributed by atoms with Crippen molar-refractivity contribution in [3.8, 4) is 11.5 Å². The second-order valence-electron chi connectivity index (χ2n) is 5.41. The van der Waals surface area contributed by atoms with E-state index in [0.717, 1.165) is 0 Å². The first-order chi connectivity index (χ1) is 12.5. The second kappa shape index (κ2) is 7.37. The highest BCUT2D eigenvalue weighted by Gasteiger charge is 2.34. The van der Waals surface area contributed by atoms with Crippen LogP contribution in [-0.4, -0.2) is 31.1 Å². The van der Waals surface area contributed by atoms with Gasteiger partial charge in [0.15, 0.2) is 16.6 Å². The number of benzene rings is 2. The largest absolute Gasteiger partial charge is 0.493 e. The molecule has 2 amide bonds. The first kappa shape index (κ1) is 17.6. The van der Waals surface area contributed by atoms with E-state index >= 15 is 0 Å². The summed E-state index contributed by atoms with van der Waals surface area (Å²) in [7, 11) is 3.05. The SMILES string of the molecule is COc1ccc(C=C2C(=O)NC(=S)N(c3ccccc3)C2=O)cc1OC. The Bertz CT molecular complexity index is 909. The van der Waals surface area contributed by atoms with Crippen molar-refractivity contribution in [3.63, 3.8) is 0 Å². The zero-order valence-electron chi connectivity index (χ0n) is 14.2. The fraction of sp³-hybridized carbons (Fsp3) is 0.105. The summed E-state index contributed by atoms with van der Waals surface area (Å²) in [6, 6.07) is 14.0. The molecule has 3 rings (SSSR count). The zero-order chi connectivity index (χ0) is 18.7. The van der Waals surface area contributed by atoms with Crippen LogP contribution in [0.1, 0.15) is 5.56 Å². The molecule has 1 aliphatic rings. The Hall–Kier alpha value is -3.19. The molecule has 0 aliphatic carbocycles. The van der Waals surface area contributed by atoms with Crippen LogP contribution in [0.15, 0.2) is 54.1 Å². The minimum atomic E-state index is -0.540. The summed E-state index contributed by atoms with van der Waals surface area (Å²) in [5, 5.41) is 2.60. The Balaban J connectivity index is 2.01. The number of thiocarbonyl (C=S) groups is 1. The summed E-state index contributed by atoms with van der Waals surface area (Å²) in [5.74, 6) is 0.0313. The summed E-state index contributed by atoms with van der Waals surface area (Å²) in [6.45, 7) is 0. The first-order valence-electron chi connectivity index (χ1n) is 7.73. The van der Waals surface area contributed by atoms with E-state index in [1.807, 2.05) is 6.07 Å². The van der Waals surface area contributed by atoms with Crippen LogP contribution in [-0.2, 0) is 9.59 Å². The number of para-hydroxylation sites is 1. The molecule has 7 heteroatoms. The number of carbonyl (C=O) groups is 2. The van der Waals surface area contributed by atoms with Crippen molar-refractivity contribution >= 4 is 40.9 Å². The van der Waals surface area contributed by atoms with Crippen molar-refractivity contribution in [2.24, 2.45) is 0 Å². The predicted molar refractivity (Wildman–Crippen MR) is 102 cm³/mol. The average Bonchev–Trinajstić information content (AvgIpc) is 2.65. The minimum absolute atomic E-state index is 0.0188. The molecule has 0 radical (unpaired) electrons. The van der Waals surface area contributed by atoms with E-state index in [0.29, 0.717) is 22.7 Å². The van der Waals surface area contributed by atoms with E-state index in [1.165, 1.54) is 25.2 Å². The second-order valence-corrected chi connectivity index (χ2v) is 5.79. The van der Waals surface area contributed by atoms with Gasteiger partial charge in [0, 0.05) is 0 Å². The molecule has 0 saturated carbocycles. The van der Waals surface area contributed by atoms with Crippen LogP contribution in [0.25, 0.3) is 6.08 Å². The molecule has 0 bridgehead atoms. The molecule has 132 valence electrons.